The molecule has 0 unspecified atom stereocenters. The number of amides is 1. The number of hydrogen-bond donors (Lipinski definition) is 3. The lowest BCUT2D eigenvalue weighted by Gasteiger charge is -2.15. The Morgan fingerprint density at radius 2 is 2.26 bits per heavy atom. The summed E-state index contributed by atoms with van der Waals surface area (Å²) < 4.78 is 0. The van der Waals surface area contributed by atoms with E-state index in [4.69, 9.17) is 5.73 Å². The zero-order valence-corrected chi connectivity index (χ0v) is 14.0. The Morgan fingerprint density at radius 1 is 1.48 bits per heavy atom. The minimum atomic E-state index is -0.577. The van der Waals surface area contributed by atoms with Crippen LogP contribution in [-0.2, 0) is 11.2 Å². The maximum atomic E-state index is 12.1. The minimum Gasteiger partial charge on any atom is -0.361 e. The van der Waals surface area contributed by atoms with Crippen LogP contribution in [0.4, 0.5) is 0 Å². The van der Waals surface area contributed by atoms with Gasteiger partial charge in [0.1, 0.15) is 6.04 Å². The zero-order chi connectivity index (χ0) is 16.7. The Kier molecular flexibility index (Phi) is 6.51. The van der Waals surface area contributed by atoms with E-state index in [9.17, 15) is 10.1 Å². The molecule has 0 radical (unpaired) electrons. The van der Waals surface area contributed by atoms with Crippen LogP contribution < -0.4 is 11.1 Å². The van der Waals surface area contributed by atoms with E-state index in [1.54, 1.807) is 11.8 Å². The molecule has 4 N–H and O–H groups in total. The summed E-state index contributed by atoms with van der Waals surface area (Å²) in [4.78, 5) is 15.3. The first-order chi connectivity index (χ1) is 11.2. The van der Waals surface area contributed by atoms with Crippen molar-refractivity contribution < 1.29 is 4.79 Å². The van der Waals surface area contributed by atoms with Gasteiger partial charge in [-0.25, -0.2) is 0 Å². The van der Waals surface area contributed by atoms with Crippen molar-refractivity contribution in [3.8, 4) is 6.07 Å². The lowest BCUT2D eigenvalue weighted by molar-refractivity contribution is -0.122. The van der Waals surface area contributed by atoms with Gasteiger partial charge in [-0.15, -0.1) is 0 Å². The summed E-state index contributed by atoms with van der Waals surface area (Å²) >= 11 is 1.75. The van der Waals surface area contributed by atoms with E-state index in [2.05, 4.69) is 23.3 Å². The van der Waals surface area contributed by atoms with Crippen molar-refractivity contribution in [3.05, 3.63) is 36.0 Å². The number of carbonyl (C=O) groups excluding carboxylic acids is 1. The van der Waals surface area contributed by atoms with Gasteiger partial charge >= 0.3 is 0 Å². The molecule has 1 heterocycles. The number of nitriles is 1. The number of thioether (sulfide) groups is 1. The maximum Gasteiger partial charge on any atom is 0.237 e. The standard InChI is InChI=1S/C17H22N4OS/c1-2-23-8-7-15(19)17(22)21-13(10-18)9-12-11-20-16-6-4-3-5-14(12)16/h3-6,11,13,15,20H,2,7-9,19H2,1H3,(H,21,22)/t13-,15-/m0/s1. The van der Waals surface area contributed by atoms with Gasteiger partial charge in [-0.2, -0.15) is 17.0 Å². The fraction of sp³-hybridized carbons (Fsp3) is 0.412. The van der Waals surface area contributed by atoms with Crippen LogP contribution in [0, 0.1) is 11.3 Å². The molecule has 122 valence electrons. The van der Waals surface area contributed by atoms with Gasteiger partial charge in [0, 0.05) is 23.5 Å². The molecular weight excluding hydrogens is 308 g/mol. The smallest absolute Gasteiger partial charge is 0.237 e. The summed E-state index contributed by atoms with van der Waals surface area (Å²) in [6.07, 6.45) is 2.97. The second-order valence-corrected chi connectivity index (χ2v) is 6.74. The van der Waals surface area contributed by atoms with Crippen molar-refractivity contribution in [1.29, 1.82) is 5.26 Å². The number of carbonyl (C=O) groups is 1. The summed E-state index contributed by atoms with van der Waals surface area (Å²) in [5.74, 6) is 1.61. The third kappa shape index (κ3) is 4.75. The molecule has 0 aliphatic heterocycles. The minimum absolute atomic E-state index is 0.256. The monoisotopic (exact) mass is 330 g/mol. The van der Waals surface area contributed by atoms with E-state index in [1.165, 1.54) is 0 Å². The van der Waals surface area contributed by atoms with Gasteiger partial charge in [0.2, 0.25) is 5.91 Å². The molecule has 2 aromatic rings. The summed E-state index contributed by atoms with van der Waals surface area (Å²) in [5.41, 5.74) is 7.93. The van der Waals surface area contributed by atoms with Gasteiger partial charge in [0.25, 0.3) is 0 Å². The number of aromatic nitrogens is 1. The molecule has 2 atom stereocenters. The highest BCUT2D eigenvalue weighted by atomic mass is 32.2. The molecule has 0 saturated carbocycles. The van der Waals surface area contributed by atoms with Gasteiger partial charge < -0.3 is 16.0 Å². The number of benzene rings is 1. The molecule has 2 rings (SSSR count). The lowest BCUT2D eigenvalue weighted by Crippen LogP contribution is -2.45. The van der Waals surface area contributed by atoms with Gasteiger partial charge in [-0.3, -0.25) is 4.79 Å². The van der Waals surface area contributed by atoms with Crippen LogP contribution in [0.1, 0.15) is 18.9 Å². The molecule has 0 aliphatic carbocycles. The average molecular weight is 330 g/mol. The molecule has 1 aromatic carbocycles. The van der Waals surface area contributed by atoms with Gasteiger partial charge in [0.05, 0.1) is 12.1 Å². The number of fused-ring (bicyclic) bond motifs is 1. The maximum absolute atomic E-state index is 12.1. The van der Waals surface area contributed by atoms with Crippen LogP contribution in [-0.4, -0.2) is 34.5 Å². The number of aromatic amines is 1. The highest BCUT2D eigenvalue weighted by molar-refractivity contribution is 7.99. The predicted molar refractivity (Wildman–Crippen MR) is 95.1 cm³/mol. The molecule has 6 heteroatoms. The van der Waals surface area contributed by atoms with Gasteiger partial charge in [-0.05, 0) is 29.6 Å². The first-order valence-corrected chi connectivity index (χ1v) is 8.89. The Labute approximate surface area is 140 Å². The van der Waals surface area contributed by atoms with Crippen LogP contribution in [0.2, 0.25) is 0 Å². The molecular formula is C17H22N4OS. The summed E-state index contributed by atoms with van der Waals surface area (Å²) in [6, 6.07) is 8.92. The molecule has 0 spiro atoms. The van der Waals surface area contributed by atoms with E-state index in [1.807, 2.05) is 30.5 Å². The Hall–Kier alpha value is -1.97. The largest absolute Gasteiger partial charge is 0.361 e. The Balaban J connectivity index is 1.95. The van der Waals surface area contributed by atoms with Crippen molar-refractivity contribution in [1.82, 2.24) is 10.3 Å². The van der Waals surface area contributed by atoms with E-state index in [-0.39, 0.29) is 5.91 Å². The number of nitrogens with two attached hydrogens (primary N) is 1. The highest BCUT2D eigenvalue weighted by Crippen LogP contribution is 2.19. The SMILES string of the molecule is CCSCC[C@H](N)C(=O)N[C@H](C#N)Cc1c[nH]c2ccccc12. The first kappa shape index (κ1) is 17.4. The van der Waals surface area contributed by atoms with E-state index in [0.29, 0.717) is 12.8 Å². The third-order valence-corrected chi connectivity index (χ3v) is 4.62. The number of H-pyrrole nitrogens is 1. The van der Waals surface area contributed by atoms with Crippen LogP contribution in [0.5, 0.6) is 0 Å². The molecule has 23 heavy (non-hydrogen) atoms. The van der Waals surface area contributed by atoms with Crippen molar-refractivity contribution in [2.45, 2.75) is 31.8 Å². The number of rotatable bonds is 8. The van der Waals surface area contributed by atoms with E-state index in [0.717, 1.165) is 28.0 Å². The normalized spacial score (nSPS) is 13.4. The molecule has 1 aromatic heterocycles. The van der Waals surface area contributed by atoms with E-state index < -0.39 is 12.1 Å². The van der Waals surface area contributed by atoms with Crippen molar-refractivity contribution >= 4 is 28.6 Å². The third-order valence-electron chi connectivity index (χ3n) is 3.69. The lowest BCUT2D eigenvalue weighted by atomic mass is 10.1. The first-order valence-electron chi connectivity index (χ1n) is 7.74. The van der Waals surface area contributed by atoms with Gasteiger partial charge in [-0.1, -0.05) is 25.1 Å². The highest BCUT2D eigenvalue weighted by Gasteiger charge is 2.19. The summed E-state index contributed by atoms with van der Waals surface area (Å²) in [6.45, 7) is 2.07. The van der Waals surface area contributed by atoms with Crippen LogP contribution in [0.25, 0.3) is 10.9 Å². The molecule has 1 amide bonds. The van der Waals surface area contributed by atoms with Gasteiger partial charge in [0.15, 0.2) is 0 Å². The fourth-order valence-corrected chi connectivity index (χ4v) is 3.12. The zero-order valence-electron chi connectivity index (χ0n) is 13.2. The molecule has 0 saturated heterocycles. The van der Waals surface area contributed by atoms with Crippen LogP contribution in [0.3, 0.4) is 0 Å². The van der Waals surface area contributed by atoms with Crippen molar-refractivity contribution in [3.63, 3.8) is 0 Å². The molecule has 0 bridgehead atoms. The van der Waals surface area contributed by atoms with Crippen LogP contribution >= 0.6 is 11.8 Å². The predicted octanol–water partition coefficient (Wildman–Crippen LogP) is 2.19. The average Bonchev–Trinajstić information content (AvgIpc) is 2.97. The Bertz CT molecular complexity index is 691. The number of para-hydroxylation sites is 1. The molecule has 0 aliphatic rings. The quantitative estimate of drug-likeness (QED) is 0.647. The topological polar surface area (TPSA) is 94.7 Å². The fourth-order valence-electron chi connectivity index (χ4n) is 2.41. The van der Waals surface area contributed by atoms with E-state index >= 15 is 0 Å². The Morgan fingerprint density at radius 3 is 3.00 bits per heavy atom. The second kappa shape index (κ2) is 8.61. The van der Waals surface area contributed by atoms with Crippen molar-refractivity contribution in [2.24, 2.45) is 5.73 Å². The number of nitrogens with zero attached hydrogens (tertiary/aromatic N) is 1. The number of nitrogens with one attached hydrogen (secondary N) is 2. The summed E-state index contributed by atoms with van der Waals surface area (Å²) in [5, 5.41) is 13.1. The summed E-state index contributed by atoms with van der Waals surface area (Å²) in [7, 11) is 0. The second-order valence-electron chi connectivity index (χ2n) is 5.35. The molecule has 5 nitrogen and oxygen atoms in total. The van der Waals surface area contributed by atoms with Crippen molar-refractivity contribution in [2.75, 3.05) is 11.5 Å². The number of hydrogen-bond acceptors (Lipinski definition) is 4. The van der Waals surface area contributed by atoms with Crippen LogP contribution in [0.15, 0.2) is 30.5 Å². The molecule has 0 fully saturated rings.